The third-order valence-corrected chi connectivity index (χ3v) is 2.62. The Balaban J connectivity index is 5.37. The Morgan fingerprint density at radius 3 is 1.24 bits per heavy atom. The average molecular weight is 358 g/mol. The second kappa shape index (κ2) is 5.99. The Kier molecular flexibility index (Phi) is 5.87. The Morgan fingerprint density at radius 2 is 0.952 bits per heavy atom. The van der Waals surface area contributed by atoms with Crippen molar-refractivity contribution in [2.75, 3.05) is 5.75 Å². The van der Waals surface area contributed by atoms with Crippen molar-refractivity contribution in [3.05, 3.63) is 0 Å². The van der Waals surface area contributed by atoms with Crippen LogP contribution >= 0.6 is 12.6 Å². The molecule has 0 atom stereocenters. The Labute approximate surface area is 117 Å². The molecule has 0 nitrogen and oxygen atoms in total. The first-order valence-corrected chi connectivity index (χ1v) is 5.80. The van der Waals surface area contributed by atoms with Gasteiger partial charge in [0.15, 0.2) is 0 Å². The van der Waals surface area contributed by atoms with Crippen LogP contribution < -0.4 is 0 Å². The smallest absolute Gasteiger partial charge is 0.223 e. The van der Waals surface area contributed by atoms with Gasteiger partial charge < -0.3 is 0 Å². The Bertz CT molecular complexity index is 329. The van der Waals surface area contributed by atoms with E-state index in [1.165, 1.54) is 0 Å². The van der Waals surface area contributed by atoms with E-state index < -0.39 is 54.9 Å². The van der Waals surface area contributed by atoms with Gasteiger partial charge in [-0.05, 0) is 5.75 Å². The van der Waals surface area contributed by atoms with Crippen LogP contribution in [-0.2, 0) is 0 Å². The summed E-state index contributed by atoms with van der Waals surface area (Å²) in [5.74, 6) is -10.1. The summed E-state index contributed by atoms with van der Waals surface area (Å²) < 4.78 is 137. The van der Waals surface area contributed by atoms with Crippen LogP contribution in [0, 0.1) is 0 Å². The predicted molar refractivity (Wildman–Crippen MR) is 53.5 cm³/mol. The third kappa shape index (κ3) is 5.37. The zero-order valence-corrected chi connectivity index (χ0v) is 10.8. The van der Waals surface area contributed by atoms with Gasteiger partial charge in [0.25, 0.3) is 11.8 Å². The van der Waals surface area contributed by atoms with E-state index >= 15 is 0 Å². The monoisotopic (exact) mass is 358 g/mol. The molecular formula is C9H9F11S. The van der Waals surface area contributed by atoms with Gasteiger partial charge in [-0.25, -0.2) is 22.0 Å². The summed E-state index contributed by atoms with van der Waals surface area (Å²) in [6, 6.07) is 0. The standard InChI is InChI=1S/C9H9F11S/c10-5(11,1-2-21)3-6(12,13)4-7(14,8(15,16)17)9(18,19)20/h21H,1-4H2. The number of hydrogen-bond acceptors (Lipinski definition) is 1. The second-order valence-electron chi connectivity index (χ2n) is 4.34. The van der Waals surface area contributed by atoms with Crippen LogP contribution in [0.1, 0.15) is 19.3 Å². The summed E-state index contributed by atoms with van der Waals surface area (Å²) in [5.41, 5.74) is -6.28. The van der Waals surface area contributed by atoms with E-state index in [0.29, 0.717) is 0 Å². The van der Waals surface area contributed by atoms with Crippen LogP contribution in [0.4, 0.5) is 48.3 Å². The van der Waals surface area contributed by atoms with E-state index in [0.717, 1.165) is 0 Å². The lowest BCUT2D eigenvalue weighted by molar-refractivity contribution is -0.356. The minimum Gasteiger partial charge on any atom is -0.223 e. The van der Waals surface area contributed by atoms with Crippen molar-refractivity contribution in [3.63, 3.8) is 0 Å². The van der Waals surface area contributed by atoms with E-state index in [9.17, 15) is 48.3 Å². The maximum absolute atomic E-state index is 13.1. The molecule has 0 aromatic carbocycles. The molecule has 0 heterocycles. The molecule has 0 unspecified atom stereocenters. The van der Waals surface area contributed by atoms with Crippen molar-refractivity contribution < 1.29 is 48.3 Å². The van der Waals surface area contributed by atoms with E-state index in [2.05, 4.69) is 12.6 Å². The van der Waals surface area contributed by atoms with E-state index in [1.54, 1.807) is 0 Å². The van der Waals surface area contributed by atoms with Crippen LogP contribution in [0.5, 0.6) is 0 Å². The number of rotatable bonds is 6. The molecule has 0 aliphatic heterocycles. The Hall–Kier alpha value is -0.420. The van der Waals surface area contributed by atoms with Gasteiger partial charge in [-0.3, -0.25) is 0 Å². The molecule has 0 rings (SSSR count). The van der Waals surface area contributed by atoms with Crippen LogP contribution in [0.2, 0.25) is 0 Å². The first-order chi connectivity index (χ1) is 8.97. The molecule has 21 heavy (non-hydrogen) atoms. The molecule has 0 saturated heterocycles. The lowest BCUT2D eigenvalue weighted by Crippen LogP contribution is -2.56. The van der Waals surface area contributed by atoms with E-state index in [4.69, 9.17) is 0 Å². The molecular weight excluding hydrogens is 349 g/mol. The van der Waals surface area contributed by atoms with Gasteiger partial charge in [0.05, 0.1) is 12.8 Å². The zero-order valence-electron chi connectivity index (χ0n) is 9.93. The fourth-order valence-corrected chi connectivity index (χ4v) is 1.74. The van der Waals surface area contributed by atoms with Crippen molar-refractivity contribution >= 4 is 12.6 Å². The van der Waals surface area contributed by atoms with E-state index in [-0.39, 0.29) is 0 Å². The summed E-state index contributed by atoms with van der Waals surface area (Å²) in [5, 5.41) is 0. The molecule has 0 amide bonds. The molecule has 128 valence electrons. The lowest BCUT2D eigenvalue weighted by atomic mass is 9.92. The minimum atomic E-state index is -6.71. The van der Waals surface area contributed by atoms with Crippen molar-refractivity contribution in [1.82, 2.24) is 0 Å². The van der Waals surface area contributed by atoms with Gasteiger partial charge in [-0.15, -0.1) is 0 Å². The first-order valence-electron chi connectivity index (χ1n) is 5.16. The highest BCUT2D eigenvalue weighted by Gasteiger charge is 2.75. The van der Waals surface area contributed by atoms with E-state index in [1.807, 2.05) is 0 Å². The molecule has 0 aliphatic rings. The molecule has 12 heteroatoms. The average Bonchev–Trinajstić information content (AvgIpc) is 2.09. The van der Waals surface area contributed by atoms with Crippen molar-refractivity contribution in [3.8, 4) is 0 Å². The van der Waals surface area contributed by atoms with Crippen molar-refractivity contribution in [2.24, 2.45) is 0 Å². The quantitative estimate of drug-likeness (QED) is 0.490. The minimum absolute atomic E-state index is 0.637. The highest BCUT2D eigenvalue weighted by atomic mass is 32.1. The van der Waals surface area contributed by atoms with Crippen LogP contribution in [0.25, 0.3) is 0 Å². The fraction of sp³-hybridized carbons (Fsp3) is 1.00. The van der Waals surface area contributed by atoms with Gasteiger partial charge in [-0.2, -0.15) is 39.0 Å². The summed E-state index contributed by atoms with van der Waals surface area (Å²) in [6.45, 7) is 0. The number of thiol groups is 1. The summed E-state index contributed by atoms with van der Waals surface area (Å²) >= 11 is 3.28. The molecule has 0 fully saturated rings. The van der Waals surface area contributed by atoms with Gasteiger partial charge in [-0.1, -0.05) is 0 Å². The van der Waals surface area contributed by atoms with Crippen LogP contribution in [-0.4, -0.2) is 35.6 Å². The SMILES string of the molecule is FC(F)(CCS)CC(F)(F)CC(F)(C(F)(F)F)C(F)(F)F. The Morgan fingerprint density at radius 1 is 0.571 bits per heavy atom. The number of alkyl halides is 11. The second-order valence-corrected chi connectivity index (χ2v) is 4.78. The largest absolute Gasteiger partial charge is 0.431 e. The topological polar surface area (TPSA) is 0 Å². The normalized spacial score (nSPS) is 15.4. The highest BCUT2D eigenvalue weighted by Crippen LogP contribution is 2.52. The van der Waals surface area contributed by atoms with Crippen molar-refractivity contribution in [2.45, 2.75) is 49.1 Å². The summed E-state index contributed by atoms with van der Waals surface area (Å²) in [4.78, 5) is 0. The van der Waals surface area contributed by atoms with Crippen LogP contribution in [0.15, 0.2) is 0 Å². The van der Waals surface area contributed by atoms with Crippen molar-refractivity contribution in [1.29, 1.82) is 0 Å². The lowest BCUT2D eigenvalue weighted by Gasteiger charge is -2.33. The molecule has 0 spiro atoms. The summed E-state index contributed by atoms with van der Waals surface area (Å²) in [6.07, 6.45) is -20.8. The molecule has 0 aromatic rings. The maximum Gasteiger partial charge on any atom is 0.431 e. The predicted octanol–water partition coefficient (Wildman–Crippen LogP) is 5.19. The molecule has 0 aliphatic carbocycles. The zero-order chi connectivity index (χ0) is 17.3. The molecule has 0 N–H and O–H groups in total. The molecule has 0 saturated carbocycles. The highest BCUT2D eigenvalue weighted by molar-refractivity contribution is 7.80. The first kappa shape index (κ1) is 20.6. The summed E-state index contributed by atoms with van der Waals surface area (Å²) in [7, 11) is 0. The van der Waals surface area contributed by atoms with Gasteiger partial charge in [0.2, 0.25) is 0 Å². The molecule has 0 radical (unpaired) electrons. The van der Waals surface area contributed by atoms with Gasteiger partial charge >= 0.3 is 18.0 Å². The molecule has 0 bridgehead atoms. The maximum atomic E-state index is 13.1. The number of halogens is 11. The van der Waals surface area contributed by atoms with Gasteiger partial charge in [0.1, 0.15) is 0 Å². The molecule has 0 aromatic heterocycles. The fourth-order valence-electron chi connectivity index (χ4n) is 1.41. The number of hydrogen-bond donors (Lipinski definition) is 1. The van der Waals surface area contributed by atoms with Crippen LogP contribution in [0.3, 0.4) is 0 Å². The third-order valence-electron chi connectivity index (χ3n) is 2.40. The van der Waals surface area contributed by atoms with Gasteiger partial charge in [0, 0.05) is 6.42 Å².